The van der Waals surface area contributed by atoms with Crippen LogP contribution in [0.5, 0.6) is 0 Å². The average Bonchev–Trinajstić information content (AvgIpc) is 2.76. The fourth-order valence-corrected chi connectivity index (χ4v) is 3.50. The summed E-state index contributed by atoms with van der Waals surface area (Å²) in [7, 11) is 0. The number of hydrogen-bond acceptors (Lipinski definition) is 1. The lowest BCUT2D eigenvalue weighted by Gasteiger charge is -2.31. The fraction of sp³-hybridized carbons (Fsp3) is 1.00. The lowest BCUT2D eigenvalue weighted by Crippen LogP contribution is -2.33. The molecule has 0 spiro atoms. The van der Waals surface area contributed by atoms with E-state index in [0.717, 1.165) is 11.8 Å². The van der Waals surface area contributed by atoms with Crippen molar-refractivity contribution in [2.75, 3.05) is 13.1 Å². The van der Waals surface area contributed by atoms with Crippen LogP contribution in [0.25, 0.3) is 0 Å². The first kappa shape index (κ1) is 10.5. The molecule has 82 valence electrons. The number of fused-ring (bicyclic) bond motifs is 1. The van der Waals surface area contributed by atoms with E-state index in [1.807, 2.05) is 0 Å². The summed E-state index contributed by atoms with van der Waals surface area (Å²) >= 11 is 0. The minimum atomic E-state index is 0.706. The van der Waals surface area contributed by atoms with E-state index >= 15 is 0 Å². The summed E-state index contributed by atoms with van der Waals surface area (Å²) in [5, 5.41) is 3.64. The Morgan fingerprint density at radius 2 is 1.86 bits per heavy atom. The monoisotopic (exact) mass is 195 g/mol. The number of rotatable bonds is 6. The molecule has 0 aliphatic heterocycles. The van der Waals surface area contributed by atoms with Gasteiger partial charge < -0.3 is 5.32 Å². The van der Waals surface area contributed by atoms with Gasteiger partial charge in [-0.1, -0.05) is 20.3 Å². The standard InChI is InChI=1S/C13H25N/c1-3-5-13(10-14-6-4-2)8-11-7-12(11)9-13/h11-12,14H,3-10H2,1-2H3. The Labute approximate surface area is 88.7 Å². The van der Waals surface area contributed by atoms with Gasteiger partial charge in [-0.3, -0.25) is 0 Å². The van der Waals surface area contributed by atoms with Crippen molar-refractivity contribution < 1.29 is 0 Å². The summed E-state index contributed by atoms with van der Waals surface area (Å²) in [5.74, 6) is 2.26. The molecule has 0 aromatic rings. The summed E-state index contributed by atoms with van der Waals surface area (Å²) in [4.78, 5) is 0. The first-order valence-corrected chi connectivity index (χ1v) is 6.50. The van der Waals surface area contributed by atoms with Gasteiger partial charge >= 0.3 is 0 Å². The van der Waals surface area contributed by atoms with Crippen LogP contribution in [0.1, 0.15) is 52.4 Å². The Balaban J connectivity index is 1.80. The molecule has 2 atom stereocenters. The first-order valence-electron chi connectivity index (χ1n) is 6.50. The molecule has 0 saturated heterocycles. The third-order valence-corrected chi connectivity index (χ3v) is 4.17. The van der Waals surface area contributed by atoms with E-state index in [1.165, 1.54) is 45.2 Å². The minimum absolute atomic E-state index is 0.706. The van der Waals surface area contributed by atoms with Gasteiger partial charge in [0, 0.05) is 6.54 Å². The van der Waals surface area contributed by atoms with Crippen molar-refractivity contribution in [3.8, 4) is 0 Å². The van der Waals surface area contributed by atoms with Crippen molar-refractivity contribution in [3.63, 3.8) is 0 Å². The van der Waals surface area contributed by atoms with Crippen molar-refractivity contribution in [2.24, 2.45) is 17.3 Å². The zero-order chi connectivity index (χ0) is 10.0. The molecule has 0 heterocycles. The van der Waals surface area contributed by atoms with Gasteiger partial charge in [-0.25, -0.2) is 0 Å². The van der Waals surface area contributed by atoms with Crippen LogP contribution in [0.2, 0.25) is 0 Å². The van der Waals surface area contributed by atoms with Gasteiger partial charge in [-0.15, -0.1) is 0 Å². The highest BCUT2D eigenvalue weighted by Gasteiger charge is 2.52. The molecule has 0 bridgehead atoms. The van der Waals surface area contributed by atoms with Gasteiger partial charge in [0.1, 0.15) is 0 Å². The van der Waals surface area contributed by atoms with Gasteiger partial charge in [0.25, 0.3) is 0 Å². The van der Waals surface area contributed by atoms with Crippen molar-refractivity contribution in [1.82, 2.24) is 5.32 Å². The minimum Gasteiger partial charge on any atom is -0.316 e. The van der Waals surface area contributed by atoms with E-state index in [9.17, 15) is 0 Å². The lowest BCUT2D eigenvalue weighted by atomic mass is 9.79. The largest absolute Gasteiger partial charge is 0.316 e. The van der Waals surface area contributed by atoms with Crippen LogP contribution >= 0.6 is 0 Å². The van der Waals surface area contributed by atoms with Crippen LogP contribution < -0.4 is 5.32 Å². The van der Waals surface area contributed by atoms with E-state index in [4.69, 9.17) is 0 Å². The number of hydrogen-bond donors (Lipinski definition) is 1. The lowest BCUT2D eigenvalue weighted by molar-refractivity contribution is 0.228. The first-order chi connectivity index (χ1) is 6.79. The molecule has 2 unspecified atom stereocenters. The van der Waals surface area contributed by atoms with Crippen LogP contribution in [0.3, 0.4) is 0 Å². The predicted molar refractivity (Wildman–Crippen MR) is 61.3 cm³/mol. The highest BCUT2D eigenvalue weighted by atomic mass is 14.9. The van der Waals surface area contributed by atoms with Gasteiger partial charge in [-0.2, -0.15) is 0 Å². The molecule has 0 amide bonds. The summed E-state index contributed by atoms with van der Waals surface area (Å²) in [6, 6.07) is 0. The van der Waals surface area contributed by atoms with Crippen molar-refractivity contribution in [3.05, 3.63) is 0 Å². The third kappa shape index (κ3) is 2.13. The summed E-state index contributed by atoms with van der Waals surface area (Å²) < 4.78 is 0. The maximum absolute atomic E-state index is 3.64. The zero-order valence-electron chi connectivity index (χ0n) is 9.81. The predicted octanol–water partition coefficient (Wildman–Crippen LogP) is 3.20. The molecule has 0 radical (unpaired) electrons. The number of nitrogens with one attached hydrogen (secondary N) is 1. The Bertz CT molecular complexity index is 178. The van der Waals surface area contributed by atoms with Crippen molar-refractivity contribution in [1.29, 1.82) is 0 Å². The van der Waals surface area contributed by atoms with Gasteiger partial charge in [0.15, 0.2) is 0 Å². The molecule has 14 heavy (non-hydrogen) atoms. The molecule has 2 fully saturated rings. The third-order valence-electron chi connectivity index (χ3n) is 4.17. The quantitative estimate of drug-likeness (QED) is 0.642. The highest BCUT2D eigenvalue weighted by Crippen LogP contribution is 2.61. The molecule has 2 saturated carbocycles. The Morgan fingerprint density at radius 1 is 1.14 bits per heavy atom. The summed E-state index contributed by atoms with van der Waals surface area (Å²) in [6.07, 6.45) is 8.71. The van der Waals surface area contributed by atoms with E-state index in [0.29, 0.717) is 5.41 Å². The SMILES string of the molecule is CCCNCC1(CCC)CC2CC2C1. The van der Waals surface area contributed by atoms with Gasteiger partial charge in [-0.05, 0) is 55.9 Å². The molecule has 2 rings (SSSR count). The Kier molecular flexibility index (Phi) is 3.16. The van der Waals surface area contributed by atoms with Crippen molar-refractivity contribution >= 4 is 0 Å². The van der Waals surface area contributed by atoms with E-state index in [2.05, 4.69) is 19.2 Å². The highest BCUT2D eigenvalue weighted by molar-refractivity contribution is 5.03. The molecule has 0 aromatic heterocycles. The Morgan fingerprint density at radius 3 is 2.43 bits per heavy atom. The molecule has 1 heteroatoms. The van der Waals surface area contributed by atoms with Gasteiger partial charge in [0.2, 0.25) is 0 Å². The van der Waals surface area contributed by atoms with Crippen LogP contribution in [0.15, 0.2) is 0 Å². The second-order valence-electron chi connectivity index (χ2n) is 5.59. The van der Waals surface area contributed by atoms with E-state index in [1.54, 1.807) is 6.42 Å². The molecular formula is C13H25N. The zero-order valence-corrected chi connectivity index (χ0v) is 9.81. The maximum Gasteiger partial charge on any atom is 0.000801 e. The summed E-state index contributed by atoms with van der Waals surface area (Å²) in [5.41, 5.74) is 0.706. The average molecular weight is 195 g/mol. The molecule has 1 N–H and O–H groups in total. The van der Waals surface area contributed by atoms with Crippen LogP contribution in [-0.2, 0) is 0 Å². The second kappa shape index (κ2) is 4.22. The molecule has 1 nitrogen and oxygen atoms in total. The van der Waals surface area contributed by atoms with Crippen LogP contribution in [0.4, 0.5) is 0 Å². The maximum atomic E-state index is 3.64. The van der Waals surface area contributed by atoms with E-state index < -0.39 is 0 Å². The topological polar surface area (TPSA) is 12.0 Å². The molecule has 2 aliphatic rings. The van der Waals surface area contributed by atoms with E-state index in [-0.39, 0.29) is 0 Å². The second-order valence-corrected chi connectivity index (χ2v) is 5.59. The molecular weight excluding hydrogens is 170 g/mol. The van der Waals surface area contributed by atoms with Crippen LogP contribution in [0, 0.1) is 17.3 Å². The van der Waals surface area contributed by atoms with Crippen molar-refractivity contribution in [2.45, 2.75) is 52.4 Å². The smallest absolute Gasteiger partial charge is 0.000801 e. The Hall–Kier alpha value is -0.0400. The van der Waals surface area contributed by atoms with Crippen LogP contribution in [-0.4, -0.2) is 13.1 Å². The molecule has 2 aliphatic carbocycles. The normalized spacial score (nSPS) is 39.9. The fourth-order valence-electron chi connectivity index (χ4n) is 3.50. The van der Waals surface area contributed by atoms with Gasteiger partial charge in [0.05, 0.1) is 0 Å². The summed E-state index contributed by atoms with van der Waals surface area (Å²) in [6.45, 7) is 7.10. The molecule has 0 aromatic carbocycles.